The first-order chi connectivity index (χ1) is 15.1. The number of aliphatic hydroxyl groups is 1. The molecule has 164 valence electrons. The molecular weight excluding hydrogens is 390 g/mol. The van der Waals surface area contributed by atoms with Crippen LogP contribution in [0.5, 0.6) is 0 Å². The minimum atomic E-state index is -0.155. The fraction of sp³-hybridized carbons (Fsp3) is 0.292. The molecule has 0 saturated heterocycles. The van der Waals surface area contributed by atoms with Crippen molar-refractivity contribution < 1.29 is 9.90 Å². The highest BCUT2D eigenvalue weighted by atomic mass is 16.3. The minimum Gasteiger partial charge on any atom is -0.392 e. The number of nitrogens with zero attached hydrogens (tertiary/aromatic N) is 2. The zero-order chi connectivity index (χ0) is 22.3. The van der Waals surface area contributed by atoms with Crippen LogP contribution in [0, 0.1) is 0 Å². The Bertz CT molecular complexity index is 901. The smallest absolute Gasteiger partial charge is 0.255 e. The van der Waals surface area contributed by atoms with E-state index in [1.54, 1.807) is 36.8 Å². The van der Waals surface area contributed by atoms with Crippen molar-refractivity contribution in [3.05, 3.63) is 83.8 Å². The number of benzene rings is 1. The minimum absolute atomic E-state index is 0.0772. The van der Waals surface area contributed by atoms with Gasteiger partial charge in [0.15, 0.2) is 0 Å². The van der Waals surface area contributed by atoms with Crippen molar-refractivity contribution in [3.63, 3.8) is 0 Å². The van der Waals surface area contributed by atoms with E-state index >= 15 is 0 Å². The van der Waals surface area contributed by atoms with E-state index in [1.807, 2.05) is 30.3 Å². The Kier molecular flexibility index (Phi) is 10.7. The van der Waals surface area contributed by atoms with Crippen LogP contribution in [-0.2, 0) is 13.2 Å². The number of pyridine rings is 2. The van der Waals surface area contributed by atoms with Gasteiger partial charge in [-0.2, -0.15) is 0 Å². The maximum atomic E-state index is 12.2. The summed E-state index contributed by atoms with van der Waals surface area (Å²) in [4.78, 5) is 19.9. The molecule has 2 aromatic heterocycles. The second kappa shape index (κ2) is 13.8. The van der Waals surface area contributed by atoms with Gasteiger partial charge in [-0.1, -0.05) is 38.0 Å². The molecule has 0 unspecified atom stereocenters. The normalized spacial score (nSPS) is 10.1. The third kappa shape index (κ3) is 9.37. The first kappa shape index (κ1) is 24.0. The monoisotopic (exact) mass is 421 g/mol. The Morgan fingerprint density at radius 2 is 1.87 bits per heavy atom. The molecule has 7 heteroatoms. The molecule has 0 spiro atoms. The number of rotatable bonds is 9. The number of carbonyl (C=O) groups is 1. The standard InChI is InChI=1S/C18H24N4O.C6H7NO/c1-2-3-4-10-20-13-14-5-7-15(8-6-14)18(23)22-16-9-11-21-17(19)12-16;8-5-6-2-1-3-7-4-6/h5-9,11-12,20H,2-4,10,13H2,1H3,(H3,19,21,22,23);1-4,8H,5H2. The largest absolute Gasteiger partial charge is 0.392 e. The Morgan fingerprint density at radius 1 is 1.06 bits per heavy atom. The molecule has 0 saturated carbocycles. The van der Waals surface area contributed by atoms with Gasteiger partial charge in [-0.15, -0.1) is 0 Å². The van der Waals surface area contributed by atoms with E-state index in [1.165, 1.54) is 24.8 Å². The molecule has 0 bridgehead atoms. The summed E-state index contributed by atoms with van der Waals surface area (Å²) in [5, 5.41) is 14.7. The molecule has 0 aliphatic carbocycles. The second-order valence-electron chi connectivity index (χ2n) is 7.02. The SMILES string of the molecule is CCCCCNCc1ccc(C(=O)Nc2ccnc(N)c2)cc1.OCc1cccnc1. The summed E-state index contributed by atoms with van der Waals surface area (Å²) >= 11 is 0. The van der Waals surface area contributed by atoms with E-state index in [-0.39, 0.29) is 12.5 Å². The zero-order valence-electron chi connectivity index (χ0n) is 17.9. The van der Waals surface area contributed by atoms with Crippen molar-refractivity contribution in [2.45, 2.75) is 39.3 Å². The van der Waals surface area contributed by atoms with Crippen LogP contribution in [0.4, 0.5) is 11.5 Å². The Labute approximate surface area is 183 Å². The van der Waals surface area contributed by atoms with Crippen LogP contribution in [0.15, 0.2) is 67.1 Å². The van der Waals surface area contributed by atoms with E-state index in [0.29, 0.717) is 17.1 Å². The number of hydrogen-bond acceptors (Lipinski definition) is 6. The summed E-state index contributed by atoms with van der Waals surface area (Å²) in [5.74, 6) is 0.227. The zero-order valence-corrected chi connectivity index (χ0v) is 17.9. The maximum Gasteiger partial charge on any atom is 0.255 e. The van der Waals surface area contributed by atoms with Crippen LogP contribution in [0.2, 0.25) is 0 Å². The molecule has 0 aliphatic heterocycles. The highest BCUT2D eigenvalue weighted by Crippen LogP contribution is 2.12. The van der Waals surface area contributed by atoms with Gasteiger partial charge in [0.25, 0.3) is 5.91 Å². The van der Waals surface area contributed by atoms with Crippen molar-refractivity contribution in [3.8, 4) is 0 Å². The fourth-order valence-corrected chi connectivity index (χ4v) is 2.73. The molecule has 5 N–H and O–H groups in total. The number of aromatic nitrogens is 2. The third-order valence-electron chi connectivity index (χ3n) is 4.45. The summed E-state index contributed by atoms with van der Waals surface area (Å²) in [5.41, 5.74) is 8.89. The average molecular weight is 422 g/mol. The third-order valence-corrected chi connectivity index (χ3v) is 4.45. The van der Waals surface area contributed by atoms with Crippen molar-refractivity contribution in [2.24, 2.45) is 0 Å². The first-order valence-corrected chi connectivity index (χ1v) is 10.4. The summed E-state index contributed by atoms with van der Waals surface area (Å²) < 4.78 is 0. The van der Waals surface area contributed by atoms with Crippen LogP contribution in [-0.4, -0.2) is 27.5 Å². The molecule has 0 atom stereocenters. The fourth-order valence-electron chi connectivity index (χ4n) is 2.73. The van der Waals surface area contributed by atoms with E-state index in [2.05, 4.69) is 27.5 Å². The summed E-state index contributed by atoms with van der Waals surface area (Å²) in [7, 11) is 0. The number of amides is 1. The molecule has 31 heavy (non-hydrogen) atoms. The lowest BCUT2D eigenvalue weighted by Crippen LogP contribution is -2.15. The number of anilines is 2. The van der Waals surface area contributed by atoms with Crippen molar-refractivity contribution >= 4 is 17.4 Å². The number of nitrogens with one attached hydrogen (secondary N) is 2. The number of hydrogen-bond donors (Lipinski definition) is 4. The van der Waals surface area contributed by atoms with Gasteiger partial charge in [0.1, 0.15) is 5.82 Å². The predicted octanol–water partition coefficient (Wildman–Crippen LogP) is 3.77. The second-order valence-corrected chi connectivity index (χ2v) is 7.02. The molecule has 3 rings (SSSR count). The van der Waals surface area contributed by atoms with Gasteiger partial charge in [-0.25, -0.2) is 4.98 Å². The molecular formula is C24H31N5O2. The predicted molar refractivity (Wildman–Crippen MR) is 124 cm³/mol. The molecule has 7 nitrogen and oxygen atoms in total. The van der Waals surface area contributed by atoms with Crippen LogP contribution < -0.4 is 16.4 Å². The molecule has 1 aromatic carbocycles. The molecule has 1 amide bonds. The van der Waals surface area contributed by atoms with E-state index in [9.17, 15) is 4.79 Å². The van der Waals surface area contributed by atoms with Crippen LogP contribution >= 0.6 is 0 Å². The van der Waals surface area contributed by atoms with Gasteiger partial charge < -0.3 is 21.5 Å². The van der Waals surface area contributed by atoms with Gasteiger partial charge in [0.05, 0.1) is 6.61 Å². The van der Waals surface area contributed by atoms with Crippen molar-refractivity contribution in [2.75, 3.05) is 17.6 Å². The van der Waals surface area contributed by atoms with E-state index in [4.69, 9.17) is 10.8 Å². The van der Waals surface area contributed by atoms with Crippen molar-refractivity contribution in [1.82, 2.24) is 15.3 Å². The number of nitrogens with two attached hydrogens (primary N) is 1. The summed E-state index contributed by atoms with van der Waals surface area (Å²) in [6.45, 7) is 4.13. The Balaban J connectivity index is 0.000000357. The van der Waals surface area contributed by atoms with Gasteiger partial charge in [-0.05, 0) is 48.4 Å². The number of nitrogen functional groups attached to an aromatic ring is 1. The lowest BCUT2D eigenvalue weighted by molar-refractivity contribution is 0.102. The van der Waals surface area contributed by atoms with E-state index < -0.39 is 0 Å². The lowest BCUT2D eigenvalue weighted by Gasteiger charge is -2.07. The molecule has 0 radical (unpaired) electrons. The highest BCUT2D eigenvalue weighted by Gasteiger charge is 2.06. The summed E-state index contributed by atoms with van der Waals surface area (Å²) in [6, 6.07) is 14.6. The first-order valence-electron chi connectivity index (χ1n) is 10.4. The topological polar surface area (TPSA) is 113 Å². The molecule has 2 heterocycles. The number of unbranched alkanes of at least 4 members (excludes halogenated alkanes) is 2. The maximum absolute atomic E-state index is 12.2. The number of aliphatic hydroxyl groups excluding tert-OH is 1. The quantitative estimate of drug-likeness (QED) is 0.391. The van der Waals surface area contributed by atoms with Gasteiger partial charge in [0, 0.05) is 42.5 Å². The molecule has 3 aromatic rings. The molecule has 0 fully saturated rings. The Hall–Kier alpha value is -3.29. The van der Waals surface area contributed by atoms with Crippen LogP contribution in [0.3, 0.4) is 0 Å². The number of carbonyl (C=O) groups excluding carboxylic acids is 1. The van der Waals surface area contributed by atoms with E-state index in [0.717, 1.165) is 18.7 Å². The van der Waals surface area contributed by atoms with Crippen molar-refractivity contribution in [1.29, 1.82) is 0 Å². The van der Waals surface area contributed by atoms with Gasteiger partial charge in [0.2, 0.25) is 0 Å². The van der Waals surface area contributed by atoms with Gasteiger partial charge in [-0.3, -0.25) is 9.78 Å². The average Bonchev–Trinajstić information content (AvgIpc) is 2.80. The molecule has 0 aliphatic rings. The highest BCUT2D eigenvalue weighted by molar-refractivity contribution is 6.04. The lowest BCUT2D eigenvalue weighted by atomic mass is 10.1. The van der Waals surface area contributed by atoms with Crippen LogP contribution in [0.1, 0.15) is 47.7 Å². The Morgan fingerprint density at radius 3 is 2.48 bits per heavy atom. The summed E-state index contributed by atoms with van der Waals surface area (Å²) in [6.07, 6.45) is 8.57. The van der Waals surface area contributed by atoms with Crippen LogP contribution in [0.25, 0.3) is 0 Å². The van der Waals surface area contributed by atoms with Gasteiger partial charge >= 0.3 is 0 Å².